The molecule has 2 aliphatic rings. The minimum atomic E-state index is -3.67. The molecule has 1 fully saturated rings. The molecule has 1 aliphatic carbocycles. The molecular formula is C31H33F2N5O5S2. The summed E-state index contributed by atoms with van der Waals surface area (Å²) in [6.45, 7) is 4.03. The van der Waals surface area contributed by atoms with E-state index in [0.717, 1.165) is 4.88 Å². The number of carbonyl (C=O) groups is 3. The van der Waals surface area contributed by atoms with Crippen LogP contribution in [0, 0.1) is 5.41 Å². The van der Waals surface area contributed by atoms with Gasteiger partial charge in [-0.2, -0.15) is 8.78 Å². The first-order valence-corrected chi connectivity index (χ1v) is 16.8. The minimum absolute atomic E-state index is 0.0692. The van der Waals surface area contributed by atoms with E-state index in [1.54, 1.807) is 30.5 Å². The van der Waals surface area contributed by atoms with Crippen molar-refractivity contribution in [2.45, 2.75) is 55.7 Å². The van der Waals surface area contributed by atoms with Crippen molar-refractivity contribution in [2.75, 3.05) is 13.1 Å². The van der Waals surface area contributed by atoms with E-state index in [4.69, 9.17) is 11.1 Å². The summed E-state index contributed by atoms with van der Waals surface area (Å²) in [5.41, 5.74) is 6.30. The van der Waals surface area contributed by atoms with Gasteiger partial charge in [-0.05, 0) is 56.5 Å². The molecule has 0 spiro atoms. The zero-order valence-corrected chi connectivity index (χ0v) is 26.4. The van der Waals surface area contributed by atoms with Crippen LogP contribution in [0.5, 0.6) is 0 Å². The molecule has 0 radical (unpaired) electrons. The number of alkyl halides is 2. The molecule has 3 amide bonds. The van der Waals surface area contributed by atoms with Gasteiger partial charge in [0.1, 0.15) is 11.9 Å². The van der Waals surface area contributed by atoms with Crippen molar-refractivity contribution in [3.63, 3.8) is 0 Å². The van der Waals surface area contributed by atoms with E-state index in [0.29, 0.717) is 11.1 Å². The Labute approximate surface area is 263 Å². The van der Waals surface area contributed by atoms with Crippen molar-refractivity contribution < 1.29 is 31.6 Å². The van der Waals surface area contributed by atoms with Gasteiger partial charge in [0.05, 0.1) is 23.1 Å². The van der Waals surface area contributed by atoms with Gasteiger partial charge >= 0.3 is 0 Å². The number of benzene rings is 2. The van der Waals surface area contributed by atoms with Gasteiger partial charge < -0.3 is 21.3 Å². The van der Waals surface area contributed by atoms with Gasteiger partial charge in [-0.15, -0.1) is 11.3 Å². The summed E-state index contributed by atoms with van der Waals surface area (Å²) < 4.78 is 55.9. The monoisotopic (exact) mass is 657 g/mol. The topological polar surface area (TPSA) is 163 Å². The normalized spacial score (nSPS) is 19.1. The maximum absolute atomic E-state index is 14.9. The first-order chi connectivity index (χ1) is 21.1. The minimum Gasteiger partial charge on any atom is -0.384 e. The van der Waals surface area contributed by atoms with Gasteiger partial charge in [0, 0.05) is 39.1 Å². The molecule has 1 saturated heterocycles. The quantitative estimate of drug-likeness (QED) is 0.203. The summed E-state index contributed by atoms with van der Waals surface area (Å²) >= 11 is 1.30. The number of rotatable bonds is 9. The number of hydrogen-bond acceptors (Lipinski definition) is 7. The number of nitrogen functional groups attached to an aromatic ring is 1. The lowest BCUT2D eigenvalue weighted by molar-refractivity contribution is -0.137. The van der Waals surface area contributed by atoms with Crippen LogP contribution in [-0.4, -0.2) is 66.5 Å². The van der Waals surface area contributed by atoms with Gasteiger partial charge in [-0.1, -0.05) is 30.3 Å². The summed E-state index contributed by atoms with van der Waals surface area (Å²) in [5.74, 6) is -5.22. The maximum Gasteiger partial charge on any atom is 0.299 e. The van der Waals surface area contributed by atoms with Crippen LogP contribution in [0.3, 0.4) is 0 Å². The number of hydrogen-bond donors (Lipinski definition) is 4. The van der Waals surface area contributed by atoms with Crippen molar-refractivity contribution in [1.82, 2.24) is 15.5 Å². The Morgan fingerprint density at radius 3 is 2.42 bits per heavy atom. The second kappa shape index (κ2) is 12.0. The Hall–Kier alpha value is -4.17. The molecule has 2 heterocycles. The van der Waals surface area contributed by atoms with Crippen LogP contribution in [0.25, 0.3) is 11.1 Å². The summed E-state index contributed by atoms with van der Waals surface area (Å²) in [5, 5.41) is 12.9. The van der Waals surface area contributed by atoms with Gasteiger partial charge in [-0.3, -0.25) is 19.8 Å². The fraction of sp³-hybridized carbons (Fsp3) is 0.355. The summed E-state index contributed by atoms with van der Waals surface area (Å²) in [6.07, 6.45) is -0.111. The largest absolute Gasteiger partial charge is 0.384 e. The highest BCUT2D eigenvalue weighted by atomic mass is 32.2. The van der Waals surface area contributed by atoms with Crippen molar-refractivity contribution in [3.05, 3.63) is 81.0 Å². The van der Waals surface area contributed by atoms with Gasteiger partial charge in [0.25, 0.3) is 11.8 Å². The Morgan fingerprint density at radius 2 is 1.76 bits per heavy atom. The van der Waals surface area contributed by atoms with Crippen molar-refractivity contribution in [2.24, 2.45) is 5.73 Å². The fourth-order valence-corrected chi connectivity index (χ4v) is 8.23. The number of nitrogens with zero attached hydrogens (tertiary/aromatic N) is 1. The number of likely N-dealkylation sites (tertiary alicyclic amines) is 1. The van der Waals surface area contributed by atoms with Crippen LogP contribution in [0.4, 0.5) is 8.78 Å². The van der Waals surface area contributed by atoms with E-state index in [9.17, 15) is 31.6 Å². The smallest absolute Gasteiger partial charge is 0.299 e. The second-order valence-corrected chi connectivity index (χ2v) is 15.2. The molecule has 238 valence electrons. The van der Waals surface area contributed by atoms with Crippen LogP contribution in [0.2, 0.25) is 0 Å². The van der Waals surface area contributed by atoms with E-state index in [2.05, 4.69) is 10.6 Å². The molecule has 3 atom stereocenters. The first-order valence-electron chi connectivity index (χ1n) is 14.3. The first kappa shape index (κ1) is 32.2. The number of sulfone groups is 1. The van der Waals surface area contributed by atoms with Crippen molar-refractivity contribution in [3.8, 4) is 11.1 Å². The number of amidine groups is 1. The lowest BCUT2D eigenvalue weighted by atomic mass is 10.0. The number of halogens is 2. The standard InChI is InChI=1S/C31H33F2N5O5S2/c1-16(2)45(42,43)20-12-25(30(41)37-17(3)26-11-19(15-44-26)28(34)35)38(14-20)27(39)13-36-29(40)18-8-9-24-22(10-18)21-6-4-5-7-23(21)31(24,32)33/h4-11,15-17,20,25H,12-14H2,1-3H3,(H3,34,35)(H,36,40)(H,37,41)/t17?,20-,25+/m1/s1. The average molecular weight is 658 g/mol. The zero-order valence-electron chi connectivity index (χ0n) is 24.8. The number of nitrogens with one attached hydrogen (secondary N) is 3. The molecule has 5 N–H and O–H groups in total. The fourth-order valence-electron chi connectivity index (χ4n) is 5.72. The highest BCUT2D eigenvalue weighted by molar-refractivity contribution is 7.92. The van der Waals surface area contributed by atoms with Gasteiger partial charge in [0.15, 0.2) is 9.84 Å². The third-order valence-corrected chi connectivity index (χ3v) is 12.0. The predicted molar refractivity (Wildman–Crippen MR) is 167 cm³/mol. The Bertz CT molecular complexity index is 1810. The van der Waals surface area contributed by atoms with Crippen LogP contribution in [0.15, 0.2) is 53.9 Å². The van der Waals surface area contributed by atoms with Crippen molar-refractivity contribution >= 4 is 44.7 Å². The van der Waals surface area contributed by atoms with E-state index in [1.807, 2.05) is 0 Å². The zero-order chi connectivity index (χ0) is 32.8. The van der Waals surface area contributed by atoms with Gasteiger partial charge in [-0.25, -0.2) is 8.42 Å². The number of fused-ring (bicyclic) bond motifs is 3. The van der Waals surface area contributed by atoms with Crippen LogP contribution < -0.4 is 16.4 Å². The average Bonchev–Trinajstić information content (AvgIpc) is 3.72. The number of thiophene rings is 1. The van der Waals surface area contributed by atoms with Gasteiger partial charge in [0.2, 0.25) is 11.8 Å². The number of nitrogens with two attached hydrogens (primary N) is 1. The van der Waals surface area contributed by atoms with E-state index in [1.165, 1.54) is 60.4 Å². The molecule has 2 aromatic carbocycles. The number of carbonyl (C=O) groups excluding carboxylic acids is 3. The van der Waals surface area contributed by atoms with Crippen molar-refractivity contribution in [1.29, 1.82) is 5.41 Å². The van der Waals surface area contributed by atoms with E-state index < -0.39 is 62.6 Å². The maximum atomic E-state index is 14.9. The molecule has 1 aliphatic heterocycles. The van der Waals surface area contributed by atoms with Crippen LogP contribution in [-0.2, 0) is 25.3 Å². The summed E-state index contributed by atoms with van der Waals surface area (Å²) in [4.78, 5) is 41.8. The Morgan fingerprint density at radius 1 is 1.07 bits per heavy atom. The molecule has 10 nitrogen and oxygen atoms in total. The second-order valence-electron chi connectivity index (χ2n) is 11.5. The lowest BCUT2D eigenvalue weighted by Crippen LogP contribution is -2.49. The molecule has 14 heteroatoms. The predicted octanol–water partition coefficient (Wildman–Crippen LogP) is 3.55. The third kappa shape index (κ3) is 5.96. The molecule has 45 heavy (non-hydrogen) atoms. The molecular weight excluding hydrogens is 625 g/mol. The SMILES string of the molecule is CC(NC(=O)[C@@H]1C[C@@H](S(=O)(=O)C(C)C)CN1C(=O)CNC(=O)c1ccc2c(c1)-c1ccccc1C2(F)F)c1cc(C(=N)N)cs1. The molecule has 0 bridgehead atoms. The Kier molecular flexibility index (Phi) is 8.57. The Balaban J connectivity index is 1.31. The third-order valence-electron chi connectivity index (χ3n) is 8.30. The summed E-state index contributed by atoms with van der Waals surface area (Å²) in [7, 11) is -3.67. The van der Waals surface area contributed by atoms with E-state index >= 15 is 0 Å². The van der Waals surface area contributed by atoms with Crippen LogP contribution >= 0.6 is 11.3 Å². The lowest BCUT2D eigenvalue weighted by Gasteiger charge is -2.25. The molecule has 1 aromatic heterocycles. The van der Waals surface area contributed by atoms with E-state index in [-0.39, 0.29) is 41.1 Å². The van der Waals surface area contributed by atoms with Crippen LogP contribution in [0.1, 0.15) is 65.2 Å². The molecule has 0 saturated carbocycles. The highest BCUT2D eigenvalue weighted by Gasteiger charge is 2.46. The molecule has 1 unspecified atom stereocenters. The molecule has 5 rings (SSSR count). The number of amides is 3. The highest BCUT2D eigenvalue weighted by Crippen LogP contribution is 2.50. The summed E-state index contributed by atoms with van der Waals surface area (Å²) in [6, 6.07) is 9.93. The molecule has 3 aromatic rings.